The van der Waals surface area contributed by atoms with Crippen LogP contribution >= 0.6 is 0 Å². The summed E-state index contributed by atoms with van der Waals surface area (Å²) in [4.78, 5) is 27.2. The van der Waals surface area contributed by atoms with Crippen LogP contribution in [0.5, 0.6) is 0 Å². The second-order valence-electron chi connectivity index (χ2n) is 9.77. The van der Waals surface area contributed by atoms with Crippen LogP contribution in [0.1, 0.15) is 43.0 Å². The molecular weight excluding hydrogens is 472 g/mol. The smallest absolute Gasteiger partial charge is 0.261 e. The molecule has 2 heterocycles. The summed E-state index contributed by atoms with van der Waals surface area (Å²) in [6.45, 7) is 6.33. The number of benzene rings is 4. The van der Waals surface area contributed by atoms with E-state index < -0.39 is 0 Å². The van der Waals surface area contributed by atoms with Crippen LogP contribution in [0.3, 0.4) is 0 Å². The van der Waals surface area contributed by atoms with E-state index in [-0.39, 0.29) is 18.4 Å². The molecule has 1 aliphatic rings. The summed E-state index contributed by atoms with van der Waals surface area (Å²) in [5.41, 5.74) is 7.74. The lowest BCUT2D eigenvalue weighted by atomic mass is 9.99. The van der Waals surface area contributed by atoms with Crippen molar-refractivity contribution in [1.29, 1.82) is 0 Å². The summed E-state index contributed by atoms with van der Waals surface area (Å²) in [6, 6.07) is 27.3. The third-order valence-electron chi connectivity index (χ3n) is 7.15. The first-order valence-corrected chi connectivity index (χ1v) is 12.6. The highest BCUT2D eigenvalue weighted by Crippen LogP contribution is 2.33. The van der Waals surface area contributed by atoms with Crippen LogP contribution in [0.4, 0.5) is 11.5 Å². The van der Waals surface area contributed by atoms with Gasteiger partial charge in [0.2, 0.25) is 0 Å². The maximum Gasteiger partial charge on any atom is 0.261 e. The van der Waals surface area contributed by atoms with Crippen LogP contribution in [0.2, 0.25) is 0 Å². The van der Waals surface area contributed by atoms with Crippen molar-refractivity contribution in [1.82, 2.24) is 15.1 Å². The topological polar surface area (TPSA) is 75.2 Å². The van der Waals surface area contributed by atoms with Gasteiger partial charge in [0.15, 0.2) is 5.82 Å². The number of nitrogens with one attached hydrogen (secondary N) is 1. The monoisotopic (exact) mass is 498 g/mol. The Balaban J connectivity index is 1.37. The maximum absolute atomic E-state index is 13.0. The molecule has 38 heavy (non-hydrogen) atoms. The largest absolute Gasteiger partial charge is 0.338 e. The van der Waals surface area contributed by atoms with Crippen molar-refractivity contribution in [2.24, 2.45) is 0 Å². The fourth-order valence-corrected chi connectivity index (χ4v) is 5.03. The van der Waals surface area contributed by atoms with E-state index in [9.17, 15) is 9.59 Å². The molecule has 0 saturated heterocycles. The van der Waals surface area contributed by atoms with Gasteiger partial charge < -0.3 is 5.32 Å². The zero-order valence-electron chi connectivity index (χ0n) is 21.4. The molecule has 0 unspecified atom stereocenters. The lowest BCUT2D eigenvalue weighted by Crippen LogP contribution is -2.29. The van der Waals surface area contributed by atoms with Gasteiger partial charge in [-0.2, -0.15) is 0 Å². The highest BCUT2D eigenvalue weighted by atomic mass is 16.2. The molecule has 0 fully saturated rings. The number of aryl methyl sites for hydroxylation is 3. The van der Waals surface area contributed by atoms with E-state index >= 15 is 0 Å². The molecule has 1 N–H and O–H groups in total. The van der Waals surface area contributed by atoms with E-state index in [0.717, 1.165) is 44.4 Å². The number of hydrogen-bond donors (Lipinski definition) is 1. The Morgan fingerprint density at radius 1 is 0.711 bits per heavy atom. The van der Waals surface area contributed by atoms with E-state index in [0.29, 0.717) is 16.9 Å². The average Bonchev–Trinajstić information content (AvgIpc) is 3.16. The zero-order chi connectivity index (χ0) is 26.4. The fraction of sp³-hybridized carbons (Fsp3) is 0.125. The minimum Gasteiger partial charge on any atom is -0.338 e. The minimum absolute atomic E-state index is 0.198. The first-order chi connectivity index (χ1) is 18.4. The number of fused-ring (bicyclic) bond motifs is 2. The van der Waals surface area contributed by atoms with Crippen molar-refractivity contribution < 1.29 is 9.59 Å². The van der Waals surface area contributed by atoms with Crippen molar-refractivity contribution in [2.45, 2.75) is 27.3 Å². The summed E-state index contributed by atoms with van der Waals surface area (Å²) in [5.74, 6) is 0.166. The predicted molar refractivity (Wildman–Crippen MR) is 150 cm³/mol. The summed E-state index contributed by atoms with van der Waals surface area (Å²) in [5, 5.41) is 14.6. The number of carbonyl (C=O) groups excluding carboxylic acids is 2. The number of hydrogen-bond acceptors (Lipinski definition) is 5. The molecule has 6 rings (SSSR count). The third kappa shape index (κ3) is 4.00. The minimum atomic E-state index is -0.262. The molecule has 0 aliphatic carbocycles. The number of aromatic nitrogens is 2. The number of nitrogens with zero attached hydrogens (tertiary/aromatic N) is 3. The van der Waals surface area contributed by atoms with Crippen molar-refractivity contribution in [3.05, 3.63) is 118 Å². The van der Waals surface area contributed by atoms with Gasteiger partial charge in [0.1, 0.15) is 5.69 Å². The molecule has 186 valence electrons. The van der Waals surface area contributed by atoms with E-state index in [1.54, 1.807) is 24.3 Å². The molecular formula is C32H26N4O2. The Hall–Kier alpha value is -4.84. The van der Waals surface area contributed by atoms with Crippen molar-refractivity contribution in [3.63, 3.8) is 0 Å². The normalized spacial score (nSPS) is 12.8. The molecule has 0 bridgehead atoms. The van der Waals surface area contributed by atoms with Crippen LogP contribution < -0.4 is 5.32 Å². The Bertz CT molecular complexity index is 1720. The first kappa shape index (κ1) is 23.6. The molecule has 0 saturated carbocycles. The first-order valence-electron chi connectivity index (χ1n) is 12.6. The van der Waals surface area contributed by atoms with Crippen LogP contribution in [-0.2, 0) is 6.54 Å². The molecule has 1 aliphatic heterocycles. The van der Waals surface area contributed by atoms with Crippen molar-refractivity contribution in [2.75, 3.05) is 5.32 Å². The van der Waals surface area contributed by atoms with E-state index in [1.165, 1.54) is 10.5 Å². The number of carbonyl (C=O) groups is 2. The van der Waals surface area contributed by atoms with Crippen LogP contribution in [0, 0.1) is 20.8 Å². The highest BCUT2D eigenvalue weighted by Gasteiger charge is 2.35. The average molecular weight is 499 g/mol. The molecule has 1 aromatic heterocycles. The molecule has 0 atom stereocenters. The van der Waals surface area contributed by atoms with Crippen LogP contribution in [-0.4, -0.2) is 26.9 Å². The summed E-state index contributed by atoms with van der Waals surface area (Å²) in [7, 11) is 0. The van der Waals surface area contributed by atoms with E-state index in [2.05, 4.69) is 47.6 Å². The van der Waals surface area contributed by atoms with Crippen LogP contribution in [0.25, 0.3) is 22.0 Å². The Kier molecular flexibility index (Phi) is 5.72. The Morgan fingerprint density at radius 2 is 1.39 bits per heavy atom. The van der Waals surface area contributed by atoms with Gasteiger partial charge in [-0.15, -0.1) is 10.2 Å². The Labute approximate surface area is 221 Å². The van der Waals surface area contributed by atoms with Gasteiger partial charge in [0.05, 0.1) is 17.7 Å². The molecule has 0 spiro atoms. The number of amides is 2. The standard InChI is InChI=1S/C32H26N4O2/c1-19-12-15-28(21(3)16-19)33-30-25-9-5-4-8-24(25)29(34-35-30)22-14-13-20(2)23(17-22)18-36-31(37)26-10-6-7-11-27(26)32(36)38/h4-17H,18H2,1-3H3,(H,33,35). The molecule has 4 aromatic carbocycles. The summed E-state index contributed by atoms with van der Waals surface area (Å²) < 4.78 is 0. The van der Waals surface area contributed by atoms with Gasteiger partial charge in [-0.3, -0.25) is 14.5 Å². The molecule has 2 amide bonds. The van der Waals surface area contributed by atoms with Crippen molar-refractivity contribution >= 4 is 34.1 Å². The summed E-state index contributed by atoms with van der Waals surface area (Å²) in [6.07, 6.45) is 0. The van der Waals surface area contributed by atoms with Crippen molar-refractivity contribution in [3.8, 4) is 11.3 Å². The maximum atomic E-state index is 13.0. The second kappa shape index (κ2) is 9.23. The quantitative estimate of drug-likeness (QED) is 0.271. The molecule has 6 heteroatoms. The second-order valence-corrected chi connectivity index (χ2v) is 9.77. The number of rotatable bonds is 5. The van der Waals surface area contributed by atoms with Gasteiger partial charge in [-0.25, -0.2) is 0 Å². The summed E-state index contributed by atoms with van der Waals surface area (Å²) >= 11 is 0. The zero-order valence-corrected chi connectivity index (χ0v) is 21.4. The Morgan fingerprint density at radius 3 is 2.11 bits per heavy atom. The lowest BCUT2D eigenvalue weighted by Gasteiger charge is -2.17. The van der Waals surface area contributed by atoms with Gasteiger partial charge in [0, 0.05) is 22.0 Å². The van der Waals surface area contributed by atoms with Gasteiger partial charge in [-0.1, -0.05) is 66.2 Å². The SMILES string of the molecule is Cc1ccc(Nc2nnc(-c3ccc(C)c(CN4C(=O)c5ccccc5C4=O)c3)c3ccccc23)c(C)c1. The molecule has 6 nitrogen and oxygen atoms in total. The lowest BCUT2D eigenvalue weighted by molar-refractivity contribution is 0.0642. The van der Waals surface area contributed by atoms with E-state index in [1.807, 2.05) is 49.4 Å². The highest BCUT2D eigenvalue weighted by molar-refractivity contribution is 6.21. The molecule has 0 radical (unpaired) electrons. The third-order valence-corrected chi connectivity index (χ3v) is 7.15. The van der Waals surface area contributed by atoms with Gasteiger partial charge >= 0.3 is 0 Å². The van der Waals surface area contributed by atoms with Crippen LogP contribution in [0.15, 0.2) is 84.9 Å². The molecule has 5 aromatic rings. The predicted octanol–water partition coefficient (Wildman–Crippen LogP) is 6.76. The van der Waals surface area contributed by atoms with Gasteiger partial charge in [0.25, 0.3) is 11.8 Å². The number of imide groups is 1. The number of anilines is 2. The van der Waals surface area contributed by atoms with Gasteiger partial charge in [-0.05, 0) is 61.7 Å². The van der Waals surface area contributed by atoms with E-state index in [4.69, 9.17) is 0 Å². The fourth-order valence-electron chi connectivity index (χ4n) is 5.03.